The molecule has 0 aliphatic rings. The molecule has 1 rings (SSSR count). The van der Waals surface area contributed by atoms with Gasteiger partial charge in [0.1, 0.15) is 0 Å². The number of amides is 2. The van der Waals surface area contributed by atoms with E-state index < -0.39 is 0 Å². The average Bonchev–Trinajstić information content (AvgIpc) is 2.35. The van der Waals surface area contributed by atoms with Crippen LogP contribution in [-0.2, 0) is 9.63 Å². The lowest BCUT2D eigenvalue weighted by molar-refractivity contribution is -0.167. The van der Waals surface area contributed by atoms with E-state index in [2.05, 4.69) is 10.2 Å². The van der Waals surface area contributed by atoms with Gasteiger partial charge in [0.25, 0.3) is 11.8 Å². The molecule has 0 fully saturated rings. The third-order valence-electron chi connectivity index (χ3n) is 2.06. The molecule has 1 aromatic carbocycles. The summed E-state index contributed by atoms with van der Waals surface area (Å²) >= 11 is 0. The molecule has 0 unspecified atom stereocenters. The van der Waals surface area contributed by atoms with E-state index in [9.17, 15) is 9.59 Å². The number of likely N-dealkylation sites (N-methyl/N-ethyl adjacent to an activating group) is 1. The Kier molecular flexibility index (Phi) is 4.47. The molecule has 16 heavy (non-hydrogen) atoms. The number of carbonyl (C=O) groups is 2. The molecule has 5 heteroatoms. The molecule has 0 saturated heterocycles. The van der Waals surface area contributed by atoms with Crippen LogP contribution in [0.1, 0.15) is 10.4 Å². The number of rotatable bonds is 4. The van der Waals surface area contributed by atoms with E-state index in [4.69, 9.17) is 0 Å². The summed E-state index contributed by atoms with van der Waals surface area (Å²) in [5.74, 6) is -0.592. The Morgan fingerprint density at radius 2 is 1.94 bits per heavy atom. The van der Waals surface area contributed by atoms with Gasteiger partial charge in [0.2, 0.25) is 0 Å². The van der Waals surface area contributed by atoms with Crippen LogP contribution in [-0.4, -0.2) is 37.6 Å². The van der Waals surface area contributed by atoms with Gasteiger partial charge in [-0.05, 0) is 12.1 Å². The smallest absolute Gasteiger partial charge is 0.265 e. The molecule has 0 saturated carbocycles. The number of benzene rings is 1. The highest BCUT2D eigenvalue weighted by molar-refractivity contribution is 5.96. The van der Waals surface area contributed by atoms with E-state index in [1.165, 1.54) is 14.2 Å². The van der Waals surface area contributed by atoms with Gasteiger partial charge in [-0.3, -0.25) is 14.4 Å². The van der Waals surface area contributed by atoms with E-state index in [-0.39, 0.29) is 18.4 Å². The van der Waals surface area contributed by atoms with E-state index in [1.54, 1.807) is 24.3 Å². The SMILES string of the molecule is CON(C)C(=O)CNC(=O)c1ccccc1. The molecule has 0 aliphatic heterocycles. The lowest BCUT2D eigenvalue weighted by Gasteiger charge is -2.13. The van der Waals surface area contributed by atoms with Gasteiger partial charge in [-0.1, -0.05) is 18.2 Å². The molecule has 1 N–H and O–H groups in total. The number of hydrogen-bond donors (Lipinski definition) is 1. The molecule has 86 valence electrons. The molecule has 0 spiro atoms. The normalized spacial score (nSPS) is 9.62. The minimum absolute atomic E-state index is 0.0853. The summed E-state index contributed by atoms with van der Waals surface area (Å²) in [4.78, 5) is 27.5. The van der Waals surface area contributed by atoms with Gasteiger partial charge in [0.05, 0.1) is 13.7 Å². The van der Waals surface area contributed by atoms with Gasteiger partial charge in [0, 0.05) is 12.6 Å². The second kappa shape index (κ2) is 5.87. The highest BCUT2D eigenvalue weighted by atomic mass is 16.7. The molecular formula is C11H14N2O3. The highest BCUT2D eigenvalue weighted by Crippen LogP contribution is 1.97. The summed E-state index contributed by atoms with van der Waals surface area (Å²) in [5, 5.41) is 3.56. The van der Waals surface area contributed by atoms with Crippen LogP contribution in [0.2, 0.25) is 0 Å². The van der Waals surface area contributed by atoms with Gasteiger partial charge in [-0.15, -0.1) is 0 Å². The van der Waals surface area contributed by atoms with Gasteiger partial charge in [-0.2, -0.15) is 0 Å². The van der Waals surface area contributed by atoms with Crippen molar-refractivity contribution >= 4 is 11.8 Å². The topological polar surface area (TPSA) is 58.6 Å². The Hall–Kier alpha value is -1.88. The summed E-state index contributed by atoms with van der Waals surface area (Å²) in [7, 11) is 2.87. The summed E-state index contributed by atoms with van der Waals surface area (Å²) < 4.78 is 0. The molecule has 0 radical (unpaired) electrons. The van der Waals surface area contributed by atoms with Crippen LogP contribution in [0.3, 0.4) is 0 Å². The predicted octanol–water partition coefficient (Wildman–Crippen LogP) is 0.436. The van der Waals surface area contributed by atoms with Crippen LogP contribution in [0.25, 0.3) is 0 Å². The highest BCUT2D eigenvalue weighted by Gasteiger charge is 2.10. The van der Waals surface area contributed by atoms with Crippen molar-refractivity contribution in [2.24, 2.45) is 0 Å². The summed E-state index contributed by atoms with van der Waals surface area (Å²) in [6.45, 7) is -0.0853. The van der Waals surface area contributed by atoms with E-state index in [1.807, 2.05) is 6.07 Å². The first-order valence-corrected chi connectivity index (χ1v) is 4.79. The standard InChI is InChI=1S/C11H14N2O3/c1-13(16-2)10(14)8-12-11(15)9-6-4-3-5-7-9/h3-7H,8H2,1-2H3,(H,12,15). The molecule has 0 bridgehead atoms. The van der Waals surface area contributed by atoms with Gasteiger partial charge in [0.15, 0.2) is 0 Å². The Labute approximate surface area is 94.0 Å². The maximum absolute atomic E-state index is 11.5. The van der Waals surface area contributed by atoms with Crippen molar-refractivity contribution in [2.75, 3.05) is 20.7 Å². The number of hydrogen-bond acceptors (Lipinski definition) is 3. The first-order valence-electron chi connectivity index (χ1n) is 4.79. The Morgan fingerprint density at radius 1 is 1.31 bits per heavy atom. The number of nitrogens with zero attached hydrogens (tertiary/aromatic N) is 1. The van der Waals surface area contributed by atoms with Gasteiger partial charge >= 0.3 is 0 Å². The van der Waals surface area contributed by atoms with Crippen LogP contribution in [0.15, 0.2) is 30.3 Å². The summed E-state index contributed by atoms with van der Waals surface area (Å²) in [6, 6.07) is 8.70. The zero-order chi connectivity index (χ0) is 12.0. The van der Waals surface area contributed by atoms with Crippen LogP contribution in [0.4, 0.5) is 0 Å². The fourth-order valence-corrected chi connectivity index (χ4v) is 1.06. The number of nitrogens with one attached hydrogen (secondary N) is 1. The maximum Gasteiger partial charge on any atom is 0.265 e. The van der Waals surface area contributed by atoms with Crippen molar-refractivity contribution in [2.45, 2.75) is 0 Å². The molecular weight excluding hydrogens is 208 g/mol. The van der Waals surface area contributed by atoms with Crippen molar-refractivity contribution in [3.05, 3.63) is 35.9 Å². The number of hydroxylamine groups is 2. The van der Waals surface area contributed by atoms with E-state index in [0.29, 0.717) is 5.56 Å². The van der Waals surface area contributed by atoms with Gasteiger partial charge in [-0.25, -0.2) is 5.06 Å². The number of carbonyl (C=O) groups excluding carboxylic acids is 2. The van der Waals surface area contributed by atoms with Crippen LogP contribution < -0.4 is 5.32 Å². The minimum atomic E-state index is -0.313. The summed E-state index contributed by atoms with van der Waals surface area (Å²) in [6.07, 6.45) is 0. The molecule has 1 aromatic rings. The lowest BCUT2D eigenvalue weighted by Crippen LogP contribution is -2.37. The van der Waals surface area contributed by atoms with Crippen LogP contribution >= 0.6 is 0 Å². The fourth-order valence-electron chi connectivity index (χ4n) is 1.06. The Morgan fingerprint density at radius 3 is 2.50 bits per heavy atom. The largest absolute Gasteiger partial charge is 0.343 e. The first-order chi connectivity index (χ1) is 7.65. The molecule has 2 amide bonds. The molecule has 0 aromatic heterocycles. The second-order valence-electron chi connectivity index (χ2n) is 3.12. The quantitative estimate of drug-likeness (QED) is 0.752. The molecule has 5 nitrogen and oxygen atoms in total. The van der Waals surface area contributed by atoms with Crippen molar-refractivity contribution in [1.82, 2.24) is 10.4 Å². The Balaban J connectivity index is 2.45. The van der Waals surface area contributed by atoms with E-state index >= 15 is 0 Å². The van der Waals surface area contributed by atoms with Crippen molar-refractivity contribution in [1.29, 1.82) is 0 Å². The van der Waals surface area contributed by atoms with E-state index in [0.717, 1.165) is 5.06 Å². The maximum atomic E-state index is 11.5. The first kappa shape index (κ1) is 12.2. The van der Waals surface area contributed by atoms with Crippen LogP contribution in [0.5, 0.6) is 0 Å². The summed E-state index contributed by atoms with van der Waals surface area (Å²) in [5.41, 5.74) is 0.523. The second-order valence-corrected chi connectivity index (χ2v) is 3.12. The van der Waals surface area contributed by atoms with Gasteiger partial charge < -0.3 is 5.32 Å². The van der Waals surface area contributed by atoms with Crippen molar-refractivity contribution < 1.29 is 14.4 Å². The zero-order valence-corrected chi connectivity index (χ0v) is 9.27. The average molecular weight is 222 g/mol. The Bertz CT molecular complexity index is 365. The zero-order valence-electron chi connectivity index (χ0n) is 9.27. The predicted molar refractivity (Wildman–Crippen MR) is 58.6 cm³/mol. The van der Waals surface area contributed by atoms with Crippen molar-refractivity contribution in [3.8, 4) is 0 Å². The minimum Gasteiger partial charge on any atom is -0.343 e. The molecule has 0 heterocycles. The monoisotopic (exact) mass is 222 g/mol. The third-order valence-corrected chi connectivity index (χ3v) is 2.06. The fraction of sp³-hybridized carbons (Fsp3) is 0.273. The lowest BCUT2D eigenvalue weighted by atomic mass is 10.2. The molecule has 0 atom stereocenters. The van der Waals surface area contributed by atoms with Crippen LogP contribution in [0, 0.1) is 0 Å². The molecule has 0 aliphatic carbocycles. The van der Waals surface area contributed by atoms with Crippen molar-refractivity contribution in [3.63, 3.8) is 0 Å². The third kappa shape index (κ3) is 3.36.